The molecule has 1 amide bonds. The summed E-state index contributed by atoms with van der Waals surface area (Å²) < 4.78 is 0. The smallest absolute Gasteiger partial charge is 0.326 e. The minimum absolute atomic E-state index is 0.177. The Hall–Kier alpha value is -2.77. The molecule has 0 aliphatic heterocycles. The molecule has 0 bridgehead atoms. The molecule has 1 atom stereocenters. The highest BCUT2D eigenvalue weighted by atomic mass is 16.4. The molecular weight excluding hydrogens is 274 g/mol. The van der Waals surface area contributed by atoms with Crippen LogP contribution in [0.3, 0.4) is 0 Å². The van der Waals surface area contributed by atoms with Gasteiger partial charge in [0.25, 0.3) is 0 Å². The molecule has 0 saturated carbocycles. The maximum atomic E-state index is 11.7. The van der Waals surface area contributed by atoms with E-state index in [1.54, 1.807) is 6.92 Å². The number of carboxylic acids is 1. The first-order valence-corrected chi connectivity index (χ1v) is 6.45. The fraction of sp³-hybridized carbons (Fsp3) is 0.308. The van der Waals surface area contributed by atoms with E-state index in [9.17, 15) is 9.59 Å². The van der Waals surface area contributed by atoms with Gasteiger partial charge in [-0.15, -0.1) is 10.2 Å². The van der Waals surface area contributed by atoms with E-state index >= 15 is 0 Å². The van der Waals surface area contributed by atoms with E-state index in [1.807, 2.05) is 30.3 Å². The molecule has 2 N–H and O–H groups in total. The molecule has 0 aliphatic carbocycles. The monoisotopic (exact) mass is 289 g/mol. The lowest BCUT2D eigenvalue weighted by Gasteiger charge is -2.11. The number of hydrogen-bond donors (Lipinski definition) is 2. The normalized spacial score (nSPS) is 11.9. The zero-order valence-corrected chi connectivity index (χ0v) is 11.4. The number of nitrogens with one attached hydrogen (secondary N) is 1. The number of amides is 1. The van der Waals surface area contributed by atoms with Crippen LogP contribution >= 0.6 is 0 Å². The Kier molecular flexibility index (Phi) is 4.60. The number of hydrogen-bond acceptors (Lipinski definition) is 5. The van der Waals surface area contributed by atoms with E-state index in [0.717, 1.165) is 10.4 Å². The second-order valence-corrected chi connectivity index (χ2v) is 4.38. The van der Waals surface area contributed by atoms with Gasteiger partial charge in [0.2, 0.25) is 11.7 Å². The topological polar surface area (TPSA) is 110 Å². The van der Waals surface area contributed by atoms with Crippen molar-refractivity contribution in [2.45, 2.75) is 25.9 Å². The predicted octanol–water partition coefficient (Wildman–Crippen LogP) is 0.319. The van der Waals surface area contributed by atoms with Gasteiger partial charge in [0.15, 0.2) is 0 Å². The summed E-state index contributed by atoms with van der Waals surface area (Å²) in [6, 6.07) is 8.33. The van der Waals surface area contributed by atoms with Crippen molar-refractivity contribution < 1.29 is 14.7 Å². The number of carboxylic acid groups (broad SMARTS) is 1. The molecule has 1 heterocycles. The van der Waals surface area contributed by atoms with Gasteiger partial charge in [0.1, 0.15) is 12.6 Å². The molecule has 0 fully saturated rings. The maximum absolute atomic E-state index is 11.7. The lowest BCUT2D eigenvalue weighted by molar-refractivity contribution is -0.142. The number of carbonyl (C=O) groups excluding carboxylic acids is 1. The average molecular weight is 289 g/mol. The van der Waals surface area contributed by atoms with Crippen LogP contribution in [-0.2, 0) is 16.1 Å². The van der Waals surface area contributed by atoms with E-state index in [2.05, 4.69) is 20.7 Å². The molecule has 8 heteroatoms. The van der Waals surface area contributed by atoms with Crippen LogP contribution in [0.15, 0.2) is 30.3 Å². The number of aromatic nitrogens is 4. The van der Waals surface area contributed by atoms with Gasteiger partial charge in [-0.05, 0) is 11.6 Å². The van der Waals surface area contributed by atoms with Crippen molar-refractivity contribution in [1.29, 1.82) is 0 Å². The largest absolute Gasteiger partial charge is 0.480 e. The van der Waals surface area contributed by atoms with Gasteiger partial charge >= 0.3 is 5.97 Å². The summed E-state index contributed by atoms with van der Waals surface area (Å²) in [5.74, 6) is -1.13. The first-order valence-electron chi connectivity index (χ1n) is 6.45. The number of benzene rings is 1. The number of carbonyl (C=O) groups is 2. The Labute approximate surface area is 120 Å². The van der Waals surface area contributed by atoms with E-state index in [4.69, 9.17) is 5.11 Å². The van der Waals surface area contributed by atoms with Crippen LogP contribution < -0.4 is 5.32 Å². The van der Waals surface area contributed by atoms with E-state index in [1.165, 1.54) is 0 Å². The first-order chi connectivity index (χ1) is 10.1. The molecule has 1 unspecified atom stereocenters. The fourth-order valence-corrected chi connectivity index (χ4v) is 1.72. The molecule has 0 saturated heterocycles. The summed E-state index contributed by atoms with van der Waals surface area (Å²) in [5.41, 5.74) is 0.793. The molecule has 1 aromatic carbocycles. The lowest BCUT2D eigenvalue weighted by atomic mass is 10.2. The van der Waals surface area contributed by atoms with Crippen LogP contribution in [-0.4, -0.2) is 43.2 Å². The van der Waals surface area contributed by atoms with Gasteiger partial charge in [-0.3, -0.25) is 4.79 Å². The van der Waals surface area contributed by atoms with Crippen molar-refractivity contribution in [3.05, 3.63) is 30.3 Å². The summed E-state index contributed by atoms with van der Waals surface area (Å²) in [4.78, 5) is 23.7. The second kappa shape index (κ2) is 6.60. The SMILES string of the molecule is CCC(NC(=O)Cn1nnc(-c2ccccc2)n1)C(=O)O. The average Bonchev–Trinajstić information content (AvgIpc) is 2.93. The Morgan fingerprint density at radius 2 is 2.05 bits per heavy atom. The highest BCUT2D eigenvalue weighted by Gasteiger charge is 2.18. The lowest BCUT2D eigenvalue weighted by Crippen LogP contribution is -2.42. The fourth-order valence-electron chi connectivity index (χ4n) is 1.72. The summed E-state index contributed by atoms with van der Waals surface area (Å²) >= 11 is 0. The Morgan fingerprint density at radius 3 is 2.67 bits per heavy atom. The molecule has 0 aliphatic rings. The van der Waals surface area contributed by atoms with Crippen LogP contribution in [0.1, 0.15) is 13.3 Å². The van der Waals surface area contributed by atoms with E-state index in [-0.39, 0.29) is 6.54 Å². The molecule has 1 aromatic heterocycles. The third kappa shape index (κ3) is 3.85. The van der Waals surface area contributed by atoms with Gasteiger partial charge < -0.3 is 10.4 Å². The van der Waals surface area contributed by atoms with Crippen molar-refractivity contribution in [1.82, 2.24) is 25.5 Å². The molecule has 0 spiro atoms. The summed E-state index contributed by atoms with van der Waals surface area (Å²) in [6.07, 6.45) is 0.307. The first kappa shape index (κ1) is 14.6. The van der Waals surface area contributed by atoms with Crippen LogP contribution in [0.2, 0.25) is 0 Å². The van der Waals surface area contributed by atoms with Crippen LogP contribution in [0.4, 0.5) is 0 Å². The molecular formula is C13H15N5O3. The standard InChI is InChI=1S/C13H15N5O3/c1-2-10(13(20)21)14-11(19)8-18-16-12(15-17-18)9-6-4-3-5-7-9/h3-7,10H,2,8H2,1H3,(H,14,19)(H,20,21). The summed E-state index contributed by atoms with van der Waals surface area (Å²) in [6.45, 7) is 1.50. The highest BCUT2D eigenvalue weighted by Crippen LogP contribution is 2.11. The number of rotatable bonds is 6. The van der Waals surface area contributed by atoms with Crippen LogP contribution in [0, 0.1) is 0 Å². The molecule has 110 valence electrons. The zero-order chi connectivity index (χ0) is 15.2. The minimum atomic E-state index is -1.07. The quantitative estimate of drug-likeness (QED) is 0.792. The Morgan fingerprint density at radius 1 is 1.33 bits per heavy atom. The van der Waals surface area contributed by atoms with Crippen molar-refractivity contribution in [2.75, 3.05) is 0 Å². The van der Waals surface area contributed by atoms with Crippen molar-refractivity contribution in [3.8, 4) is 11.4 Å². The van der Waals surface area contributed by atoms with E-state index < -0.39 is 17.9 Å². The molecule has 2 rings (SSSR count). The van der Waals surface area contributed by atoms with Gasteiger partial charge in [-0.1, -0.05) is 37.3 Å². The second-order valence-electron chi connectivity index (χ2n) is 4.38. The van der Waals surface area contributed by atoms with Gasteiger partial charge in [0, 0.05) is 5.56 Å². The number of nitrogens with zero attached hydrogens (tertiary/aromatic N) is 4. The molecule has 8 nitrogen and oxygen atoms in total. The Balaban J connectivity index is 1.99. The molecule has 2 aromatic rings. The van der Waals surface area contributed by atoms with Crippen molar-refractivity contribution in [3.63, 3.8) is 0 Å². The van der Waals surface area contributed by atoms with Gasteiger partial charge in [-0.25, -0.2) is 4.79 Å². The zero-order valence-electron chi connectivity index (χ0n) is 11.4. The third-order valence-corrected chi connectivity index (χ3v) is 2.81. The summed E-state index contributed by atoms with van der Waals surface area (Å²) in [7, 11) is 0. The number of tetrazole rings is 1. The summed E-state index contributed by atoms with van der Waals surface area (Å²) in [5, 5.41) is 23.0. The highest BCUT2D eigenvalue weighted by molar-refractivity contribution is 5.83. The van der Waals surface area contributed by atoms with Crippen molar-refractivity contribution >= 4 is 11.9 Å². The number of aliphatic carboxylic acids is 1. The molecule has 0 radical (unpaired) electrons. The predicted molar refractivity (Wildman–Crippen MR) is 73.1 cm³/mol. The Bertz CT molecular complexity index is 626. The van der Waals surface area contributed by atoms with E-state index in [0.29, 0.717) is 12.2 Å². The van der Waals surface area contributed by atoms with Gasteiger partial charge in [0.05, 0.1) is 0 Å². The van der Waals surface area contributed by atoms with Crippen molar-refractivity contribution in [2.24, 2.45) is 0 Å². The maximum Gasteiger partial charge on any atom is 0.326 e. The molecule has 21 heavy (non-hydrogen) atoms. The minimum Gasteiger partial charge on any atom is -0.480 e. The third-order valence-electron chi connectivity index (χ3n) is 2.81. The van der Waals surface area contributed by atoms with Crippen LogP contribution in [0.25, 0.3) is 11.4 Å². The van der Waals surface area contributed by atoms with Gasteiger partial charge in [-0.2, -0.15) is 4.80 Å². The van der Waals surface area contributed by atoms with Crippen LogP contribution in [0.5, 0.6) is 0 Å².